The Labute approximate surface area is 147 Å². The van der Waals surface area contributed by atoms with E-state index in [2.05, 4.69) is 20.4 Å². The zero-order chi connectivity index (χ0) is 18.2. The molecule has 0 bridgehead atoms. The summed E-state index contributed by atoms with van der Waals surface area (Å²) in [5.41, 5.74) is 6.63. The average molecular weight is 347 g/mol. The first-order chi connectivity index (χ1) is 12.0. The number of nitrogens with two attached hydrogens (primary N) is 1. The highest BCUT2D eigenvalue weighted by Crippen LogP contribution is 2.28. The van der Waals surface area contributed by atoms with Crippen molar-refractivity contribution in [3.8, 4) is 11.5 Å². The average Bonchev–Trinajstić information content (AvgIpc) is 3.08. The Morgan fingerprint density at radius 1 is 1.32 bits per heavy atom. The number of benzene rings is 1. The van der Waals surface area contributed by atoms with E-state index in [0.717, 1.165) is 12.2 Å². The molecule has 3 N–H and O–H groups in total. The molecule has 0 atom stereocenters. The van der Waals surface area contributed by atoms with E-state index < -0.39 is 0 Å². The number of aromatic nitrogens is 2. The van der Waals surface area contributed by atoms with Crippen molar-refractivity contribution in [3.63, 3.8) is 0 Å². The number of aliphatic imine (C=N–C) groups is 1. The first-order valence-electron chi connectivity index (χ1n) is 8.15. The maximum atomic E-state index is 5.94. The molecule has 1 heterocycles. The lowest BCUT2D eigenvalue weighted by atomic mass is 10.2. The molecule has 2 aromatic rings. The van der Waals surface area contributed by atoms with Gasteiger partial charge in [0.05, 0.1) is 19.9 Å². The van der Waals surface area contributed by atoms with Crippen molar-refractivity contribution < 1.29 is 14.0 Å². The van der Waals surface area contributed by atoms with Gasteiger partial charge >= 0.3 is 0 Å². The summed E-state index contributed by atoms with van der Waals surface area (Å²) in [6.45, 7) is 4.60. The van der Waals surface area contributed by atoms with Crippen LogP contribution in [0.15, 0.2) is 27.7 Å². The fraction of sp³-hybridized carbons (Fsp3) is 0.471. The quantitative estimate of drug-likeness (QED) is 0.429. The second-order valence-electron chi connectivity index (χ2n) is 5.76. The molecule has 0 aliphatic rings. The minimum Gasteiger partial charge on any atom is -0.497 e. The van der Waals surface area contributed by atoms with Crippen LogP contribution in [0.1, 0.15) is 37.9 Å². The van der Waals surface area contributed by atoms with Crippen LogP contribution in [0.25, 0.3) is 0 Å². The highest BCUT2D eigenvalue weighted by molar-refractivity contribution is 5.93. The van der Waals surface area contributed by atoms with Gasteiger partial charge < -0.3 is 25.0 Å². The van der Waals surface area contributed by atoms with E-state index in [1.807, 2.05) is 19.9 Å². The van der Waals surface area contributed by atoms with Gasteiger partial charge in [0, 0.05) is 24.9 Å². The third-order valence-electron chi connectivity index (χ3n) is 3.50. The molecule has 0 amide bonds. The van der Waals surface area contributed by atoms with Crippen molar-refractivity contribution >= 4 is 11.6 Å². The van der Waals surface area contributed by atoms with Crippen molar-refractivity contribution in [2.24, 2.45) is 10.7 Å². The molecule has 136 valence electrons. The predicted octanol–water partition coefficient (Wildman–Crippen LogP) is 2.57. The number of hydrogen-bond acceptors (Lipinski definition) is 6. The number of aryl methyl sites for hydroxylation is 1. The van der Waals surface area contributed by atoms with Gasteiger partial charge in [0.1, 0.15) is 11.5 Å². The first-order valence-corrected chi connectivity index (χ1v) is 8.15. The van der Waals surface area contributed by atoms with Crippen molar-refractivity contribution in [2.45, 2.75) is 32.6 Å². The van der Waals surface area contributed by atoms with E-state index in [4.69, 9.17) is 19.7 Å². The van der Waals surface area contributed by atoms with E-state index in [9.17, 15) is 0 Å². The molecule has 0 aliphatic carbocycles. The fourth-order valence-corrected chi connectivity index (χ4v) is 2.12. The number of hydrogen-bond donors (Lipinski definition) is 2. The number of methoxy groups -OCH3 is 2. The number of rotatable bonds is 8. The Morgan fingerprint density at radius 3 is 2.76 bits per heavy atom. The van der Waals surface area contributed by atoms with E-state index >= 15 is 0 Å². The van der Waals surface area contributed by atoms with Gasteiger partial charge in [-0.2, -0.15) is 4.98 Å². The van der Waals surface area contributed by atoms with E-state index in [1.54, 1.807) is 26.4 Å². The first kappa shape index (κ1) is 18.6. The standard InChI is InChI=1S/C17H25N5O3/c1-11(2)16-21-15(25-22-16)6-5-9-19-17(18)20-13-10-12(23-3)7-8-14(13)24-4/h7-8,10-11H,5-6,9H2,1-4H3,(H3,18,19,20). The van der Waals surface area contributed by atoms with Crippen molar-refractivity contribution in [3.05, 3.63) is 29.9 Å². The van der Waals surface area contributed by atoms with Crippen LogP contribution in [0.4, 0.5) is 5.69 Å². The van der Waals surface area contributed by atoms with Crippen LogP contribution in [0.5, 0.6) is 11.5 Å². The topological polar surface area (TPSA) is 108 Å². The summed E-state index contributed by atoms with van der Waals surface area (Å²) in [7, 11) is 3.20. The summed E-state index contributed by atoms with van der Waals surface area (Å²) >= 11 is 0. The van der Waals surface area contributed by atoms with Crippen LogP contribution in [0.2, 0.25) is 0 Å². The van der Waals surface area contributed by atoms with Crippen LogP contribution in [-0.2, 0) is 6.42 Å². The van der Waals surface area contributed by atoms with Crippen LogP contribution >= 0.6 is 0 Å². The zero-order valence-corrected chi connectivity index (χ0v) is 15.1. The van der Waals surface area contributed by atoms with Gasteiger partial charge in [0.2, 0.25) is 5.89 Å². The molecule has 0 saturated heterocycles. The second-order valence-corrected chi connectivity index (χ2v) is 5.76. The van der Waals surface area contributed by atoms with Crippen molar-refractivity contribution in [2.75, 3.05) is 26.1 Å². The minimum absolute atomic E-state index is 0.258. The molecule has 0 saturated carbocycles. The molecule has 1 aromatic carbocycles. The van der Waals surface area contributed by atoms with Gasteiger partial charge in [-0.15, -0.1) is 0 Å². The summed E-state index contributed by atoms with van der Waals surface area (Å²) in [5, 5.41) is 6.96. The minimum atomic E-state index is 0.258. The molecule has 2 rings (SSSR count). The molecule has 0 radical (unpaired) electrons. The van der Waals surface area contributed by atoms with Gasteiger partial charge in [-0.05, 0) is 18.6 Å². The maximum absolute atomic E-state index is 5.94. The highest BCUT2D eigenvalue weighted by atomic mass is 16.5. The lowest BCUT2D eigenvalue weighted by Crippen LogP contribution is -2.23. The molecule has 0 fully saturated rings. The number of guanidine groups is 1. The van der Waals surface area contributed by atoms with Gasteiger partial charge in [0.15, 0.2) is 11.8 Å². The second kappa shape index (κ2) is 8.91. The number of ether oxygens (including phenoxy) is 2. The number of nitrogens with one attached hydrogen (secondary N) is 1. The van der Waals surface area contributed by atoms with Crippen LogP contribution < -0.4 is 20.5 Å². The molecule has 8 nitrogen and oxygen atoms in total. The summed E-state index contributed by atoms with van der Waals surface area (Å²) < 4.78 is 15.7. The summed E-state index contributed by atoms with van der Waals surface area (Å²) in [6, 6.07) is 5.41. The number of anilines is 1. The fourth-order valence-electron chi connectivity index (χ4n) is 2.12. The molecule has 1 aromatic heterocycles. The normalized spacial score (nSPS) is 11.6. The third-order valence-corrected chi connectivity index (χ3v) is 3.50. The van der Waals surface area contributed by atoms with Gasteiger partial charge in [-0.25, -0.2) is 0 Å². The Balaban J connectivity index is 1.87. The zero-order valence-electron chi connectivity index (χ0n) is 15.1. The highest BCUT2D eigenvalue weighted by Gasteiger charge is 2.09. The lowest BCUT2D eigenvalue weighted by molar-refractivity contribution is 0.369. The Morgan fingerprint density at radius 2 is 2.12 bits per heavy atom. The molecular weight excluding hydrogens is 322 g/mol. The summed E-state index contributed by atoms with van der Waals surface area (Å²) in [6.07, 6.45) is 1.43. The van der Waals surface area contributed by atoms with Crippen molar-refractivity contribution in [1.82, 2.24) is 10.1 Å². The SMILES string of the molecule is COc1ccc(OC)c(NC(N)=NCCCc2nc(C(C)C)no2)c1. The maximum Gasteiger partial charge on any atom is 0.226 e. The smallest absolute Gasteiger partial charge is 0.226 e. The van der Waals surface area contributed by atoms with Crippen molar-refractivity contribution in [1.29, 1.82) is 0 Å². The lowest BCUT2D eigenvalue weighted by Gasteiger charge is -2.12. The van der Waals surface area contributed by atoms with Gasteiger partial charge in [-0.1, -0.05) is 19.0 Å². The van der Waals surface area contributed by atoms with Crippen LogP contribution in [0.3, 0.4) is 0 Å². The Kier molecular flexibility index (Phi) is 6.62. The largest absolute Gasteiger partial charge is 0.497 e. The summed E-state index contributed by atoms with van der Waals surface area (Å²) in [4.78, 5) is 8.64. The third kappa shape index (κ3) is 5.37. The molecule has 0 aliphatic heterocycles. The molecule has 8 heteroatoms. The van der Waals surface area contributed by atoms with Crippen LogP contribution in [0, 0.1) is 0 Å². The Bertz CT molecular complexity index is 712. The molecular formula is C17H25N5O3. The van der Waals surface area contributed by atoms with Gasteiger partial charge in [0.25, 0.3) is 0 Å². The van der Waals surface area contributed by atoms with E-state index in [0.29, 0.717) is 42.0 Å². The number of nitrogens with zero attached hydrogens (tertiary/aromatic N) is 3. The predicted molar refractivity (Wildman–Crippen MR) is 96.4 cm³/mol. The van der Waals surface area contributed by atoms with E-state index in [1.165, 1.54) is 0 Å². The summed E-state index contributed by atoms with van der Waals surface area (Å²) in [5.74, 6) is 3.28. The van der Waals surface area contributed by atoms with E-state index in [-0.39, 0.29) is 5.92 Å². The molecule has 0 unspecified atom stereocenters. The Hall–Kier alpha value is -2.77. The van der Waals surface area contributed by atoms with Crippen LogP contribution in [-0.4, -0.2) is 36.9 Å². The molecule has 25 heavy (non-hydrogen) atoms. The monoisotopic (exact) mass is 347 g/mol. The van der Waals surface area contributed by atoms with Gasteiger partial charge in [-0.3, -0.25) is 4.99 Å². The molecule has 0 spiro atoms.